The minimum Gasteiger partial charge on any atom is -0.313 e. The summed E-state index contributed by atoms with van der Waals surface area (Å²) in [6, 6.07) is 0.226. The van der Waals surface area contributed by atoms with Crippen molar-refractivity contribution in [3.8, 4) is 0 Å². The van der Waals surface area contributed by atoms with Gasteiger partial charge in [-0.3, -0.25) is 4.90 Å². The molecule has 0 aliphatic heterocycles. The Kier molecular flexibility index (Phi) is 5.90. The maximum Gasteiger partial charge on any atom is 0.401 e. The number of halogens is 3. The van der Waals surface area contributed by atoms with Crippen LogP contribution in [-0.4, -0.2) is 42.8 Å². The molecule has 0 aromatic heterocycles. The average Bonchev–Trinajstić information content (AvgIpc) is 2.54. The van der Waals surface area contributed by atoms with E-state index in [1.165, 1.54) is 0 Å². The summed E-state index contributed by atoms with van der Waals surface area (Å²) in [6.45, 7) is 10.8. The van der Waals surface area contributed by atoms with Gasteiger partial charge in [0.25, 0.3) is 0 Å². The molecule has 0 aromatic rings. The Morgan fingerprint density at radius 2 is 1.90 bits per heavy atom. The highest BCUT2D eigenvalue weighted by molar-refractivity contribution is 4.97. The maximum atomic E-state index is 12.7. The second-order valence-corrected chi connectivity index (χ2v) is 6.96. The summed E-state index contributed by atoms with van der Waals surface area (Å²) >= 11 is 0. The molecule has 0 saturated heterocycles. The first-order chi connectivity index (χ1) is 9.07. The number of nitrogens with zero attached hydrogens (tertiary/aromatic N) is 1. The lowest BCUT2D eigenvalue weighted by Crippen LogP contribution is -2.48. The molecule has 1 N–H and O–H groups in total. The van der Waals surface area contributed by atoms with Crippen LogP contribution in [-0.2, 0) is 0 Å². The monoisotopic (exact) mass is 294 g/mol. The van der Waals surface area contributed by atoms with E-state index in [0.717, 1.165) is 19.4 Å². The molecule has 1 fully saturated rings. The Morgan fingerprint density at radius 3 is 2.35 bits per heavy atom. The van der Waals surface area contributed by atoms with Gasteiger partial charge < -0.3 is 5.32 Å². The summed E-state index contributed by atoms with van der Waals surface area (Å²) in [7, 11) is 0. The van der Waals surface area contributed by atoms with Crippen molar-refractivity contribution in [3.05, 3.63) is 0 Å². The normalized spacial score (nSPS) is 26.7. The Morgan fingerprint density at radius 1 is 1.30 bits per heavy atom. The van der Waals surface area contributed by atoms with Gasteiger partial charge in [0.2, 0.25) is 0 Å². The van der Waals surface area contributed by atoms with Gasteiger partial charge in [-0.1, -0.05) is 20.8 Å². The van der Waals surface area contributed by atoms with Crippen molar-refractivity contribution in [1.29, 1.82) is 0 Å². The van der Waals surface area contributed by atoms with Gasteiger partial charge in [-0.15, -0.1) is 0 Å². The topological polar surface area (TPSA) is 15.3 Å². The Hall–Kier alpha value is -0.290. The van der Waals surface area contributed by atoms with E-state index < -0.39 is 12.7 Å². The zero-order chi connectivity index (χ0) is 15.6. The lowest BCUT2D eigenvalue weighted by atomic mass is 9.84. The van der Waals surface area contributed by atoms with Crippen molar-refractivity contribution >= 4 is 0 Å². The van der Waals surface area contributed by atoms with Crippen LogP contribution >= 0.6 is 0 Å². The number of hydrogen-bond acceptors (Lipinski definition) is 2. The minimum atomic E-state index is -4.12. The lowest BCUT2D eigenvalue weighted by molar-refractivity contribution is -0.151. The average molecular weight is 294 g/mol. The Labute approximate surface area is 121 Å². The van der Waals surface area contributed by atoms with Gasteiger partial charge in [0.1, 0.15) is 0 Å². The van der Waals surface area contributed by atoms with Crippen LogP contribution in [0.4, 0.5) is 13.2 Å². The first-order valence-electron chi connectivity index (χ1n) is 7.61. The molecule has 0 heterocycles. The highest BCUT2D eigenvalue weighted by Gasteiger charge is 2.43. The van der Waals surface area contributed by atoms with Crippen LogP contribution < -0.4 is 5.32 Å². The van der Waals surface area contributed by atoms with Gasteiger partial charge in [-0.05, 0) is 44.6 Å². The third kappa shape index (κ3) is 4.92. The quantitative estimate of drug-likeness (QED) is 0.804. The number of rotatable bonds is 6. The summed E-state index contributed by atoms with van der Waals surface area (Å²) < 4.78 is 38.0. The number of nitrogens with one attached hydrogen (secondary N) is 1. The molecule has 120 valence electrons. The second kappa shape index (κ2) is 6.65. The van der Waals surface area contributed by atoms with E-state index in [2.05, 4.69) is 26.1 Å². The summed E-state index contributed by atoms with van der Waals surface area (Å²) in [5.41, 5.74) is 0.168. The Bertz CT molecular complexity index is 300. The first kappa shape index (κ1) is 17.8. The van der Waals surface area contributed by atoms with E-state index in [4.69, 9.17) is 0 Å². The molecule has 2 nitrogen and oxygen atoms in total. The molecule has 0 bridgehead atoms. The molecule has 2 unspecified atom stereocenters. The van der Waals surface area contributed by atoms with Crippen LogP contribution in [0.15, 0.2) is 0 Å². The fraction of sp³-hybridized carbons (Fsp3) is 1.00. The van der Waals surface area contributed by atoms with E-state index in [9.17, 15) is 13.2 Å². The van der Waals surface area contributed by atoms with E-state index in [0.29, 0.717) is 18.5 Å². The second-order valence-electron chi connectivity index (χ2n) is 6.96. The molecule has 5 heteroatoms. The Balaban J connectivity index is 2.72. The molecule has 1 saturated carbocycles. The highest BCUT2D eigenvalue weighted by atomic mass is 19.4. The van der Waals surface area contributed by atoms with Gasteiger partial charge in [0.05, 0.1) is 6.54 Å². The molecule has 1 rings (SSSR count). The SMILES string of the molecule is CCNC1C(CN(CC(F)(F)F)C(C)C)CCC1(C)C. The summed E-state index contributed by atoms with van der Waals surface area (Å²) in [5.74, 6) is 0.301. The summed E-state index contributed by atoms with van der Waals surface area (Å²) in [6.07, 6.45) is -2.04. The van der Waals surface area contributed by atoms with Gasteiger partial charge in [-0.25, -0.2) is 0 Å². The smallest absolute Gasteiger partial charge is 0.313 e. The molecule has 20 heavy (non-hydrogen) atoms. The lowest BCUT2D eigenvalue weighted by Gasteiger charge is -2.36. The largest absolute Gasteiger partial charge is 0.401 e. The molecule has 0 amide bonds. The van der Waals surface area contributed by atoms with Crippen molar-refractivity contribution in [2.45, 2.75) is 65.7 Å². The predicted molar refractivity (Wildman–Crippen MR) is 76.7 cm³/mol. The van der Waals surface area contributed by atoms with Crippen LogP contribution in [0.2, 0.25) is 0 Å². The van der Waals surface area contributed by atoms with Gasteiger partial charge in [0.15, 0.2) is 0 Å². The van der Waals surface area contributed by atoms with Crippen LogP contribution in [0.3, 0.4) is 0 Å². The molecule has 1 aliphatic carbocycles. The minimum absolute atomic E-state index is 0.0809. The molecular weight excluding hydrogens is 265 g/mol. The summed E-state index contributed by atoms with van der Waals surface area (Å²) in [4.78, 5) is 1.57. The van der Waals surface area contributed by atoms with Crippen molar-refractivity contribution in [2.24, 2.45) is 11.3 Å². The molecule has 0 aromatic carbocycles. The molecule has 2 atom stereocenters. The van der Waals surface area contributed by atoms with E-state index in [-0.39, 0.29) is 11.5 Å². The van der Waals surface area contributed by atoms with Crippen molar-refractivity contribution in [3.63, 3.8) is 0 Å². The van der Waals surface area contributed by atoms with Gasteiger partial charge in [-0.2, -0.15) is 13.2 Å². The van der Waals surface area contributed by atoms with E-state index >= 15 is 0 Å². The highest BCUT2D eigenvalue weighted by Crippen LogP contribution is 2.42. The fourth-order valence-electron chi connectivity index (χ4n) is 3.37. The zero-order valence-electron chi connectivity index (χ0n) is 13.3. The molecule has 1 aliphatic rings. The summed E-state index contributed by atoms with van der Waals surface area (Å²) in [5, 5.41) is 3.48. The van der Waals surface area contributed by atoms with Gasteiger partial charge >= 0.3 is 6.18 Å². The van der Waals surface area contributed by atoms with Crippen molar-refractivity contribution < 1.29 is 13.2 Å². The van der Waals surface area contributed by atoms with Crippen LogP contribution in [0.25, 0.3) is 0 Å². The molecule has 0 spiro atoms. The molecule has 0 radical (unpaired) electrons. The number of alkyl halides is 3. The van der Waals surface area contributed by atoms with Crippen LogP contribution in [0, 0.1) is 11.3 Å². The van der Waals surface area contributed by atoms with E-state index in [1.54, 1.807) is 4.90 Å². The van der Waals surface area contributed by atoms with Gasteiger partial charge in [0, 0.05) is 18.6 Å². The third-order valence-electron chi connectivity index (χ3n) is 4.48. The third-order valence-corrected chi connectivity index (χ3v) is 4.48. The zero-order valence-corrected chi connectivity index (χ0v) is 13.3. The molecular formula is C15H29F3N2. The fourth-order valence-corrected chi connectivity index (χ4v) is 3.37. The number of hydrogen-bond donors (Lipinski definition) is 1. The van der Waals surface area contributed by atoms with E-state index in [1.807, 2.05) is 13.8 Å². The standard InChI is InChI=1S/C15H29F3N2/c1-6-19-13-12(7-8-14(13,4)5)9-20(11(2)3)10-15(16,17)18/h11-13,19H,6-10H2,1-5H3. The van der Waals surface area contributed by atoms with Crippen LogP contribution in [0.5, 0.6) is 0 Å². The van der Waals surface area contributed by atoms with Crippen molar-refractivity contribution in [1.82, 2.24) is 10.2 Å². The van der Waals surface area contributed by atoms with Crippen molar-refractivity contribution in [2.75, 3.05) is 19.6 Å². The first-order valence-corrected chi connectivity index (χ1v) is 7.61. The predicted octanol–water partition coefficient (Wildman–Crippen LogP) is 3.67. The maximum absolute atomic E-state index is 12.7. The van der Waals surface area contributed by atoms with Crippen LogP contribution in [0.1, 0.15) is 47.5 Å².